The van der Waals surface area contributed by atoms with Gasteiger partial charge in [-0.1, -0.05) is 58.4 Å². The van der Waals surface area contributed by atoms with Crippen LogP contribution in [0.4, 0.5) is 5.69 Å². The molecule has 0 aromatic heterocycles. The molecule has 51 heavy (non-hydrogen) atoms. The van der Waals surface area contributed by atoms with Crippen molar-refractivity contribution in [3.05, 3.63) is 82.9 Å². The molecule has 4 aliphatic rings. The molecule has 0 saturated carbocycles. The summed E-state index contributed by atoms with van der Waals surface area (Å²) >= 11 is 3.61. The average molecular weight is 767 g/mol. The lowest BCUT2D eigenvalue weighted by Crippen LogP contribution is -2.56. The van der Waals surface area contributed by atoms with Crippen molar-refractivity contribution in [1.29, 1.82) is 0 Å². The number of amides is 3. The van der Waals surface area contributed by atoms with Crippen LogP contribution in [0.25, 0.3) is 0 Å². The lowest BCUT2D eigenvalue weighted by atomic mass is 9.74. The minimum Gasteiger partial charge on any atom is -0.497 e. The van der Waals surface area contributed by atoms with Gasteiger partial charge in [0.2, 0.25) is 11.8 Å². The summed E-state index contributed by atoms with van der Waals surface area (Å²) in [7, 11) is 3.07. The summed E-state index contributed by atoms with van der Waals surface area (Å²) in [5.41, 5.74) is -0.234. The molecule has 272 valence electrons. The Bertz CT molecular complexity index is 1650. The number of esters is 1. The summed E-state index contributed by atoms with van der Waals surface area (Å²) in [5, 5.41) is 12.4. The van der Waals surface area contributed by atoms with Crippen LogP contribution in [0.15, 0.2) is 77.3 Å². The van der Waals surface area contributed by atoms with Crippen molar-refractivity contribution < 1.29 is 43.2 Å². The summed E-state index contributed by atoms with van der Waals surface area (Å²) in [6, 6.07) is 14.3. The van der Waals surface area contributed by atoms with Gasteiger partial charge >= 0.3 is 5.97 Å². The highest BCUT2D eigenvalue weighted by atomic mass is 79.9. The Kier molecular flexibility index (Phi) is 11.6. The first-order valence-corrected chi connectivity index (χ1v) is 18.1. The number of carbonyl (C=O) groups is 4. The fraction of sp³-hybridized carbons (Fsp3) is 0.474. The van der Waals surface area contributed by atoms with Gasteiger partial charge in [-0.15, -0.1) is 0 Å². The molecule has 4 heterocycles. The topological polar surface area (TPSA) is 144 Å². The van der Waals surface area contributed by atoms with E-state index in [2.05, 4.69) is 21.2 Å². The first kappa shape index (κ1) is 36.7. The highest BCUT2D eigenvalue weighted by Gasteiger charge is 2.75. The Morgan fingerprint density at radius 1 is 0.961 bits per heavy atom. The lowest BCUT2D eigenvalue weighted by molar-refractivity contribution is -0.162. The second kappa shape index (κ2) is 16.1. The molecule has 7 atom stereocenters. The van der Waals surface area contributed by atoms with E-state index >= 15 is 4.79 Å². The molecule has 13 heteroatoms. The third-order valence-electron chi connectivity index (χ3n) is 10.1. The minimum atomic E-state index is -1.46. The van der Waals surface area contributed by atoms with E-state index < -0.39 is 47.7 Å². The molecule has 5 bridgehead atoms. The number of allylic oxidation sites excluding steroid dienone is 1. The van der Waals surface area contributed by atoms with E-state index in [0.29, 0.717) is 47.2 Å². The van der Waals surface area contributed by atoms with Crippen molar-refractivity contribution in [1.82, 2.24) is 10.2 Å². The van der Waals surface area contributed by atoms with Crippen LogP contribution in [0.3, 0.4) is 0 Å². The Labute approximate surface area is 305 Å². The number of unbranched alkanes of at least 4 members (excludes halogenated alkanes) is 2. The van der Waals surface area contributed by atoms with Crippen molar-refractivity contribution in [2.45, 2.75) is 62.0 Å². The van der Waals surface area contributed by atoms with E-state index in [1.165, 1.54) is 7.11 Å². The first-order chi connectivity index (χ1) is 24.7. The fourth-order valence-electron chi connectivity index (χ4n) is 7.71. The molecule has 2 aromatic rings. The monoisotopic (exact) mass is 765 g/mol. The van der Waals surface area contributed by atoms with Crippen LogP contribution in [-0.4, -0.2) is 98.0 Å². The zero-order valence-corrected chi connectivity index (χ0v) is 30.3. The number of benzene rings is 2. The van der Waals surface area contributed by atoms with Gasteiger partial charge in [0.1, 0.15) is 35.5 Å². The van der Waals surface area contributed by atoms with Crippen molar-refractivity contribution >= 4 is 45.3 Å². The lowest BCUT2D eigenvalue weighted by Gasteiger charge is -2.36. The van der Waals surface area contributed by atoms with Gasteiger partial charge in [0.25, 0.3) is 5.91 Å². The molecule has 0 radical (unpaired) electrons. The number of aliphatic hydroxyl groups excluding tert-OH is 1. The van der Waals surface area contributed by atoms with Crippen LogP contribution >= 0.6 is 15.9 Å². The van der Waals surface area contributed by atoms with E-state index in [1.807, 2.05) is 42.5 Å². The maximum absolute atomic E-state index is 15.0. The number of anilines is 1. The predicted molar refractivity (Wildman–Crippen MR) is 191 cm³/mol. The largest absolute Gasteiger partial charge is 0.497 e. The van der Waals surface area contributed by atoms with Crippen LogP contribution in [-0.2, 0) is 33.4 Å². The normalized spacial score (nSPS) is 30.2. The molecule has 6 rings (SSSR count). The van der Waals surface area contributed by atoms with Crippen LogP contribution in [0.1, 0.15) is 43.8 Å². The number of carbonyl (C=O) groups excluding carboxylic acids is 4. The van der Waals surface area contributed by atoms with Crippen LogP contribution < -0.4 is 15.0 Å². The molecule has 1 spiro atoms. The Morgan fingerprint density at radius 3 is 2.43 bits per heavy atom. The van der Waals surface area contributed by atoms with Gasteiger partial charge < -0.3 is 39.2 Å². The van der Waals surface area contributed by atoms with Gasteiger partial charge in [0.15, 0.2) is 0 Å². The highest BCUT2D eigenvalue weighted by Crippen LogP contribution is 2.59. The smallest absolute Gasteiger partial charge is 0.313 e. The van der Waals surface area contributed by atoms with E-state index in [9.17, 15) is 19.5 Å². The SMILES string of the molecule is COC[C@H]1NC(=O)CC/C=C\CN(c2ccc(OC)cc2)C(=O)[C@@H]2N(CCCCCO)C(=O)[C@H]3[C@H](C(=O)O[C@@H]1c1ccccc1)[C@H]1O[C@@]23C=C1Br. The van der Waals surface area contributed by atoms with Crippen LogP contribution in [0.2, 0.25) is 0 Å². The number of fused-ring (bicyclic) bond motifs is 2. The van der Waals surface area contributed by atoms with Gasteiger partial charge in [-0.2, -0.15) is 0 Å². The Balaban J connectivity index is 1.46. The number of nitrogens with zero attached hydrogens (tertiary/aromatic N) is 2. The van der Waals surface area contributed by atoms with Gasteiger partial charge in [0.05, 0.1) is 25.7 Å². The number of aliphatic hydroxyl groups is 1. The molecule has 2 saturated heterocycles. The second-order valence-corrected chi connectivity index (χ2v) is 14.1. The van der Waals surface area contributed by atoms with Crippen molar-refractivity contribution in [2.75, 3.05) is 45.4 Å². The van der Waals surface area contributed by atoms with Gasteiger partial charge in [-0.3, -0.25) is 19.2 Å². The number of ether oxygens (including phenoxy) is 4. The molecule has 2 N–H and O–H groups in total. The number of cyclic esters (lactones) is 1. The van der Waals surface area contributed by atoms with Crippen molar-refractivity contribution in [3.63, 3.8) is 0 Å². The molecule has 2 aromatic carbocycles. The van der Waals surface area contributed by atoms with E-state index in [1.54, 1.807) is 47.3 Å². The molecule has 3 amide bonds. The number of hydrogen-bond donors (Lipinski definition) is 2. The number of halogens is 1. The fourth-order valence-corrected chi connectivity index (χ4v) is 8.45. The number of nitrogens with one attached hydrogen (secondary N) is 1. The van der Waals surface area contributed by atoms with E-state index in [0.717, 1.165) is 0 Å². The zero-order chi connectivity index (χ0) is 36.1. The number of methoxy groups -OCH3 is 2. The van der Waals surface area contributed by atoms with Gasteiger partial charge in [0, 0.05) is 43.4 Å². The number of likely N-dealkylation sites (tertiary alicyclic amines) is 1. The zero-order valence-electron chi connectivity index (χ0n) is 28.7. The average Bonchev–Trinajstić information content (AvgIpc) is 3.73. The van der Waals surface area contributed by atoms with Crippen LogP contribution in [0, 0.1) is 11.8 Å². The van der Waals surface area contributed by atoms with E-state index in [4.69, 9.17) is 18.9 Å². The summed E-state index contributed by atoms with van der Waals surface area (Å²) in [4.78, 5) is 60.6. The minimum absolute atomic E-state index is 0.0158. The Morgan fingerprint density at radius 2 is 1.73 bits per heavy atom. The third kappa shape index (κ3) is 7.21. The molecular formula is C38H44BrN3O9. The Hall–Kier alpha value is -4.04. The van der Waals surface area contributed by atoms with Gasteiger partial charge in [-0.05, 0) is 61.6 Å². The highest BCUT2D eigenvalue weighted by molar-refractivity contribution is 9.11. The number of hydrogen-bond acceptors (Lipinski definition) is 9. The van der Waals surface area contributed by atoms with Gasteiger partial charge in [-0.25, -0.2) is 0 Å². The maximum atomic E-state index is 15.0. The number of rotatable bonds is 10. The third-order valence-corrected chi connectivity index (χ3v) is 10.7. The van der Waals surface area contributed by atoms with Crippen molar-refractivity contribution in [3.8, 4) is 5.75 Å². The quantitative estimate of drug-likeness (QED) is 0.210. The molecule has 0 unspecified atom stereocenters. The predicted octanol–water partition coefficient (Wildman–Crippen LogP) is 3.83. The summed E-state index contributed by atoms with van der Waals surface area (Å²) < 4.78 is 24.4. The standard InChI is InChI=1S/C38H44BrN3O9/c1-48-23-28-32(24-12-6-3-7-13-24)50-37(47)30-31-35(45)42(20-10-5-11-21-43)34(38(31)22-27(39)33(30)51-38)36(46)41(19-9-4-8-14-29(44)40-28)25-15-17-26(49-2)18-16-25/h3-4,6-7,9,12-13,15-18,22,28,30-34,43H,5,8,10-11,14,19-21,23H2,1-2H3,(H,40,44)/b9-4-/t28-,30+,31-,32-,33+,34+,38-/m1/s1. The molecule has 0 aliphatic carbocycles. The second-order valence-electron chi connectivity index (χ2n) is 13.2. The molecule has 4 aliphatic heterocycles. The molecule has 2 fully saturated rings. The first-order valence-electron chi connectivity index (χ1n) is 17.4. The summed E-state index contributed by atoms with van der Waals surface area (Å²) in [6.45, 7) is 0.459. The maximum Gasteiger partial charge on any atom is 0.313 e. The van der Waals surface area contributed by atoms with Crippen molar-refractivity contribution in [2.24, 2.45) is 11.8 Å². The molecular weight excluding hydrogens is 722 g/mol. The molecule has 12 nitrogen and oxygen atoms in total. The summed E-state index contributed by atoms with van der Waals surface area (Å²) in [6.07, 6.45) is 5.93. The summed E-state index contributed by atoms with van der Waals surface area (Å²) in [5.74, 6) is -3.19. The van der Waals surface area contributed by atoms with Crippen LogP contribution in [0.5, 0.6) is 5.75 Å². The van der Waals surface area contributed by atoms with E-state index in [-0.39, 0.29) is 50.4 Å².